The van der Waals surface area contributed by atoms with Crippen LogP contribution in [0.1, 0.15) is 13.8 Å². The highest BCUT2D eigenvalue weighted by atomic mass is 35.5. The Hall–Kier alpha value is -0.0300. The second-order valence-corrected chi connectivity index (χ2v) is 3.14. The number of rotatable bonds is 1. The summed E-state index contributed by atoms with van der Waals surface area (Å²) in [7, 11) is 0. The highest BCUT2D eigenvalue weighted by molar-refractivity contribution is 6.94. The fourth-order valence-corrected chi connectivity index (χ4v) is 0.203. The van der Waals surface area contributed by atoms with Gasteiger partial charge in [-0.2, -0.15) is 0 Å². The SMILES string of the molecule is CCOC(C)=O.O=C(Cl)Cl.O=C(Cl)Cl. The van der Waals surface area contributed by atoms with Crippen LogP contribution in [0.2, 0.25) is 0 Å². The number of carbonyl (C=O) groups excluding carboxylic acids is 3. The van der Waals surface area contributed by atoms with E-state index < -0.39 is 9.40 Å². The van der Waals surface area contributed by atoms with Crippen LogP contribution in [0.4, 0.5) is 9.59 Å². The predicted molar refractivity (Wildman–Crippen MR) is 56.5 cm³/mol. The monoisotopic (exact) mass is 284 g/mol. The van der Waals surface area contributed by atoms with Crippen LogP contribution >= 0.6 is 46.4 Å². The van der Waals surface area contributed by atoms with Gasteiger partial charge in [0.1, 0.15) is 0 Å². The Labute approximate surface area is 101 Å². The maximum Gasteiger partial charge on any atom is 0.313 e. The van der Waals surface area contributed by atoms with Crippen LogP contribution in [0, 0.1) is 0 Å². The van der Waals surface area contributed by atoms with E-state index in [0.717, 1.165) is 0 Å². The van der Waals surface area contributed by atoms with E-state index in [1.54, 1.807) is 6.92 Å². The average Bonchev–Trinajstić information content (AvgIpc) is 1.82. The van der Waals surface area contributed by atoms with Crippen LogP contribution in [0.3, 0.4) is 0 Å². The summed E-state index contributed by atoms with van der Waals surface area (Å²) in [5.74, 6) is -0.211. The summed E-state index contributed by atoms with van der Waals surface area (Å²) in [5.41, 5.74) is 0. The molecule has 0 atom stereocenters. The van der Waals surface area contributed by atoms with E-state index in [1.807, 2.05) is 0 Å². The van der Waals surface area contributed by atoms with Crippen molar-refractivity contribution in [2.75, 3.05) is 6.61 Å². The molecule has 0 aromatic carbocycles. The summed E-state index contributed by atoms with van der Waals surface area (Å²) in [5, 5.41) is 0. The van der Waals surface area contributed by atoms with Gasteiger partial charge in [-0.15, -0.1) is 0 Å². The summed E-state index contributed by atoms with van der Waals surface area (Å²) in [6.07, 6.45) is 0. The predicted octanol–water partition coefficient (Wildman–Crippen LogP) is 3.74. The number of hydrogen-bond donors (Lipinski definition) is 0. The van der Waals surface area contributed by atoms with Gasteiger partial charge >= 0.3 is 15.4 Å². The van der Waals surface area contributed by atoms with Crippen molar-refractivity contribution in [2.45, 2.75) is 13.8 Å². The fourth-order valence-electron chi connectivity index (χ4n) is 0.203. The van der Waals surface area contributed by atoms with Crippen molar-refractivity contribution in [2.24, 2.45) is 0 Å². The minimum Gasteiger partial charge on any atom is -0.466 e. The summed E-state index contributed by atoms with van der Waals surface area (Å²) in [6.45, 7) is 3.65. The van der Waals surface area contributed by atoms with Crippen molar-refractivity contribution >= 4 is 61.8 Å². The first-order chi connectivity index (χ1) is 6.23. The van der Waals surface area contributed by atoms with Gasteiger partial charge in [0.05, 0.1) is 6.61 Å². The lowest BCUT2D eigenvalue weighted by atomic mass is 10.8. The topological polar surface area (TPSA) is 60.4 Å². The molecule has 0 aliphatic heterocycles. The summed E-state index contributed by atoms with van der Waals surface area (Å²) in [6, 6.07) is 0. The molecule has 0 rings (SSSR count). The van der Waals surface area contributed by atoms with Gasteiger partial charge in [-0.3, -0.25) is 14.4 Å². The van der Waals surface area contributed by atoms with E-state index in [0.29, 0.717) is 6.61 Å². The van der Waals surface area contributed by atoms with Gasteiger partial charge < -0.3 is 4.74 Å². The molecule has 4 nitrogen and oxygen atoms in total. The minimum atomic E-state index is -0.889. The maximum absolute atomic E-state index is 9.82. The lowest BCUT2D eigenvalue weighted by Gasteiger charge is -1.89. The molecule has 0 aliphatic rings. The quantitative estimate of drug-likeness (QED) is 0.544. The third kappa shape index (κ3) is 163. The molecule has 0 aliphatic carbocycles. The summed E-state index contributed by atoms with van der Waals surface area (Å²) in [4.78, 5) is 27.8. The van der Waals surface area contributed by atoms with Gasteiger partial charge in [-0.05, 0) is 53.3 Å². The van der Waals surface area contributed by atoms with Crippen LogP contribution in [-0.4, -0.2) is 22.0 Å². The Morgan fingerprint density at radius 1 is 1.00 bits per heavy atom. The Morgan fingerprint density at radius 2 is 1.21 bits per heavy atom. The number of hydrogen-bond acceptors (Lipinski definition) is 4. The number of carbonyl (C=O) groups is 3. The van der Waals surface area contributed by atoms with Gasteiger partial charge in [0.2, 0.25) is 0 Å². The molecule has 0 saturated heterocycles. The molecule has 0 aromatic heterocycles. The summed E-state index contributed by atoms with van der Waals surface area (Å²) >= 11 is 17.6. The first kappa shape index (κ1) is 19.5. The van der Waals surface area contributed by atoms with Crippen molar-refractivity contribution in [3.8, 4) is 0 Å². The normalized spacial score (nSPS) is 7.00. The van der Waals surface area contributed by atoms with Crippen LogP contribution in [0.25, 0.3) is 0 Å². The molecular formula is C6H8Cl4O4. The van der Waals surface area contributed by atoms with Gasteiger partial charge in [-0.25, -0.2) is 0 Å². The zero-order valence-corrected chi connectivity index (χ0v) is 10.4. The number of ether oxygens (including phenoxy) is 1. The molecule has 0 unspecified atom stereocenters. The zero-order chi connectivity index (χ0) is 12.1. The first-order valence-corrected chi connectivity index (χ1v) is 4.58. The molecule has 0 saturated carbocycles. The molecule has 0 heterocycles. The highest BCUT2D eigenvalue weighted by Gasteiger charge is 1.81. The van der Waals surface area contributed by atoms with Crippen molar-refractivity contribution in [1.29, 1.82) is 0 Å². The number of esters is 1. The molecule has 0 radical (unpaired) electrons. The molecule has 0 spiro atoms. The van der Waals surface area contributed by atoms with Crippen molar-refractivity contribution in [1.82, 2.24) is 0 Å². The molecule has 0 fully saturated rings. The Morgan fingerprint density at radius 3 is 1.21 bits per heavy atom. The zero-order valence-electron chi connectivity index (χ0n) is 7.35. The van der Waals surface area contributed by atoms with Crippen LogP contribution in [0.5, 0.6) is 0 Å². The first-order valence-electron chi connectivity index (χ1n) is 3.07. The van der Waals surface area contributed by atoms with E-state index >= 15 is 0 Å². The van der Waals surface area contributed by atoms with Crippen LogP contribution < -0.4 is 0 Å². The second kappa shape index (κ2) is 15.4. The average molecular weight is 286 g/mol. The van der Waals surface area contributed by atoms with Gasteiger partial charge in [0.25, 0.3) is 0 Å². The van der Waals surface area contributed by atoms with Crippen molar-refractivity contribution in [3.05, 3.63) is 0 Å². The van der Waals surface area contributed by atoms with E-state index in [-0.39, 0.29) is 5.97 Å². The highest BCUT2D eigenvalue weighted by Crippen LogP contribution is 1.84. The lowest BCUT2D eigenvalue weighted by molar-refractivity contribution is -0.140. The van der Waals surface area contributed by atoms with Crippen molar-refractivity contribution in [3.63, 3.8) is 0 Å². The van der Waals surface area contributed by atoms with Gasteiger partial charge in [0, 0.05) is 6.92 Å². The maximum atomic E-state index is 9.82. The van der Waals surface area contributed by atoms with Crippen LogP contribution in [0.15, 0.2) is 0 Å². The molecule has 14 heavy (non-hydrogen) atoms. The van der Waals surface area contributed by atoms with E-state index in [1.165, 1.54) is 6.92 Å². The molecule has 0 amide bonds. The standard InChI is InChI=1S/C4H8O2.2CCl2O/c1-3-6-4(2)5;2*2-1(3)4/h3H2,1-2H3;;. The Bertz CT molecular complexity index is 163. The third-order valence-corrected chi connectivity index (χ3v) is 0.348. The molecule has 8 heteroatoms. The smallest absolute Gasteiger partial charge is 0.313 e. The fraction of sp³-hybridized carbons (Fsp3) is 0.500. The molecule has 0 aromatic rings. The molecule has 0 bridgehead atoms. The van der Waals surface area contributed by atoms with Gasteiger partial charge in [-0.1, -0.05) is 0 Å². The third-order valence-electron chi connectivity index (χ3n) is 0.348. The lowest BCUT2D eigenvalue weighted by Crippen LogP contribution is -1.95. The van der Waals surface area contributed by atoms with E-state index in [4.69, 9.17) is 9.59 Å². The second-order valence-electron chi connectivity index (χ2n) is 1.38. The summed E-state index contributed by atoms with van der Waals surface area (Å²) < 4.78 is 2.63. The van der Waals surface area contributed by atoms with Crippen LogP contribution in [-0.2, 0) is 9.53 Å². The van der Waals surface area contributed by atoms with Crippen molar-refractivity contribution < 1.29 is 19.1 Å². The number of halogens is 4. The van der Waals surface area contributed by atoms with Gasteiger partial charge in [0.15, 0.2) is 0 Å². The minimum absolute atomic E-state index is 0.211. The van der Waals surface area contributed by atoms with E-state index in [2.05, 4.69) is 51.1 Å². The Kier molecular flexibility index (Phi) is 21.5. The molecular weight excluding hydrogens is 278 g/mol. The largest absolute Gasteiger partial charge is 0.466 e. The van der Waals surface area contributed by atoms with E-state index in [9.17, 15) is 4.79 Å². The molecule has 0 N–H and O–H groups in total. The Balaban J connectivity index is -0.000000135. The molecule has 84 valence electrons.